The lowest BCUT2D eigenvalue weighted by Gasteiger charge is -2.36. The highest BCUT2D eigenvalue weighted by Crippen LogP contribution is 2.24. The third-order valence-electron chi connectivity index (χ3n) is 4.28. The minimum atomic E-state index is 0.307. The fourth-order valence-corrected chi connectivity index (χ4v) is 4.02. The Labute approximate surface area is 156 Å². The van der Waals surface area contributed by atoms with E-state index in [1.165, 1.54) is 5.75 Å². The Morgan fingerprint density at radius 2 is 2.20 bits per heavy atom. The van der Waals surface area contributed by atoms with Gasteiger partial charge in [0.05, 0.1) is 0 Å². The van der Waals surface area contributed by atoms with Crippen molar-refractivity contribution in [3.05, 3.63) is 11.7 Å². The summed E-state index contributed by atoms with van der Waals surface area (Å²) in [5.41, 5.74) is 0. The molecule has 0 spiro atoms. The SMILES string of the molecule is CCNC(=NCCCc1nc(C(C)C)no1)N1CCSC(C(C)C)C1. The van der Waals surface area contributed by atoms with Gasteiger partial charge in [-0.05, 0) is 19.3 Å². The van der Waals surface area contributed by atoms with Gasteiger partial charge in [-0.15, -0.1) is 0 Å². The first-order chi connectivity index (χ1) is 12.0. The van der Waals surface area contributed by atoms with Crippen LogP contribution in [-0.2, 0) is 6.42 Å². The molecule has 0 aliphatic carbocycles. The first-order valence-electron chi connectivity index (χ1n) is 9.48. The average Bonchev–Trinajstić information content (AvgIpc) is 3.07. The number of nitrogens with zero attached hydrogens (tertiary/aromatic N) is 4. The molecule has 0 radical (unpaired) electrons. The quantitative estimate of drug-likeness (QED) is 0.454. The summed E-state index contributed by atoms with van der Waals surface area (Å²) in [6.07, 6.45) is 1.71. The average molecular weight is 368 g/mol. The lowest BCUT2D eigenvalue weighted by Crippen LogP contribution is -2.49. The second-order valence-corrected chi connectivity index (χ2v) is 8.49. The first-order valence-corrected chi connectivity index (χ1v) is 10.5. The van der Waals surface area contributed by atoms with E-state index in [4.69, 9.17) is 9.52 Å². The number of nitrogens with one attached hydrogen (secondary N) is 1. The van der Waals surface area contributed by atoms with Crippen molar-refractivity contribution < 1.29 is 4.52 Å². The Morgan fingerprint density at radius 1 is 1.40 bits per heavy atom. The molecular weight excluding hydrogens is 334 g/mol. The van der Waals surface area contributed by atoms with Crippen LogP contribution in [0.25, 0.3) is 0 Å². The first kappa shape index (κ1) is 20.1. The summed E-state index contributed by atoms with van der Waals surface area (Å²) in [6, 6.07) is 0. The van der Waals surface area contributed by atoms with Crippen LogP contribution < -0.4 is 5.32 Å². The van der Waals surface area contributed by atoms with Crippen molar-refractivity contribution in [3.63, 3.8) is 0 Å². The molecule has 142 valence electrons. The van der Waals surface area contributed by atoms with Crippen LogP contribution in [0.1, 0.15) is 58.7 Å². The number of thioether (sulfide) groups is 1. The molecule has 2 rings (SSSR count). The van der Waals surface area contributed by atoms with Gasteiger partial charge in [0, 0.05) is 49.5 Å². The Kier molecular flexibility index (Phi) is 8.06. The van der Waals surface area contributed by atoms with Crippen molar-refractivity contribution >= 4 is 17.7 Å². The molecule has 0 saturated carbocycles. The van der Waals surface area contributed by atoms with Crippen molar-refractivity contribution in [3.8, 4) is 0 Å². The minimum Gasteiger partial charge on any atom is -0.357 e. The molecule has 25 heavy (non-hydrogen) atoms. The number of hydrogen-bond donors (Lipinski definition) is 1. The topological polar surface area (TPSA) is 66.5 Å². The maximum Gasteiger partial charge on any atom is 0.226 e. The maximum absolute atomic E-state index is 5.30. The van der Waals surface area contributed by atoms with Gasteiger partial charge in [-0.25, -0.2) is 0 Å². The normalized spacial score (nSPS) is 19.1. The predicted octanol–water partition coefficient (Wildman–Crippen LogP) is 3.16. The number of aromatic nitrogens is 2. The zero-order valence-electron chi connectivity index (χ0n) is 16.3. The lowest BCUT2D eigenvalue weighted by molar-refractivity contribution is 0.368. The highest BCUT2D eigenvalue weighted by atomic mass is 32.2. The Hall–Kier alpha value is -1.24. The summed E-state index contributed by atoms with van der Waals surface area (Å²) in [6.45, 7) is 14.7. The van der Waals surface area contributed by atoms with E-state index in [1.807, 2.05) is 0 Å². The Morgan fingerprint density at radius 3 is 2.84 bits per heavy atom. The molecule has 0 aromatic carbocycles. The molecule has 7 heteroatoms. The molecule has 1 N–H and O–H groups in total. The molecule has 1 fully saturated rings. The molecular formula is C18H33N5OS. The molecule has 0 bridgehead atoms. The van der Waals surface area contributed by atoms with Gasteiger partial charge in [0.15, 0.2) is 11.8 Å². The second kappa shape index (κ2) is 10.0. The molecule has 1 aliphatic heterocycles. The van der Waals surface area contributed by atoms with Gasteiger partial charge in [0.25, 0.3) is 0 Å². The zero-order chi connectivity index (χ0) is 18.2. The molecule has 1 unspecified atom stereocenters. The smallest absolute Gasteiger partial charge is 0.226 e. The molecule has 6 nitrogen and oxygen atoms in total. The molecule has 0 amide bonds. The van der Waals surface area contributed by atoms with E-state index >= 15 is 0 Å². The number of hydrogen-bond acceptors (Lipinski definition) is 5. The molecule has 1 aliphatic rings. The van der Waals surface area contributed by atoms with E-state index < -0.39 is 0 Å². The molecule has 2 heterocycles. The van der Waals surface area contributed by atoms with E-state index in [2.05, 4.69) is 66.7 Å². The Bertz CT molecular complexity index is 543. The van der Waals surface area contributed by atoms with Gasteiger partial charge in [-0.2, -0.15) is 16.7 Å². The molecule has 1 saturated heterocycles. The van der Waals surface area contributed by atoms with Crippen LogP contribution in [0.4, 0.5) is 0 Å². The highest BCUT2D eigenvalue weighted by Gasteiger charge is 2.24. The van der Waals surface area contributed by atoms with Gasteiger partial charge >= 0.3 is 0 Å². The van der Waals surface area contributed by atoms with Crippen LogP contribution in [-0.4, -0.2) is 58.2 Å². The highest BCUT2D eigenvalue weighted by molar-refractivity contribution is 8.00. The third-order valence-corrected chi connectivity index (χ3v) is 5.82. The van der Waals surface area contributed by atoms with E-state index in [0.717, 1.165) is 56.7 Å². The van der Waals surface area contributed by atoms with Gasteiger partial charge in [-0.3, -0.25) is 4.99 Å². The summed E-state index contributed by atoms with van der Waals surface area (Å²) in [5, 5.41) is 8.14. The second-order valence-electron chi connectivity index (χ2n) is 7.14. The molecule has 1 aromatic heterocycles. The standard InChI is InChI=1S/C18H33N5OS/c1-6-19-18(23-10-11-25-15(12-23)13(2)3)20-9-7-8-16-21-17(14(4)5)22-24-16/h13-15H,6-12H2,1-5H3,(H,19,20). The van der Waals surface area contributed by atoms with Crippen LogP contribution in [0, 0.1) is 5.92 Å². The van der Waals surface area contributed by atoms with Crippen LogP contribution in [0.2, 0.25) is 0 Å². The lowest BCUT2D eigenvalue weighted by atomic mass is 10.1. The molecule has 1 aromatic rings. The van der Waals surface area contributed by atoms with Crippen LogP contribution in [0.5, 0.6) is 0 Å². The minimum absolute atomic E-state index is 0.307. The summed E-state index contributed by atoms with van der Waals surface area (Å²) >= 11 is 2.09. The fourth-order valence-electron chi connectivity index (χ4n) is 2.72. The van der Waals surface area contributed by atoms with Crippen LogP contribution >= 0.6 is 11.8 Å². The Balaban J connectivity index is 1.86. The number of aryl methyl sites for hydroxylation is 1. The van der Waals surface area contributed by atoms with Crippen LogP contribution in [0.3, 0.4) is 0 Å². The van der Waals surface area contributed by atoms with Crippen LogP contribution in [0.15, 0.2) is 9.52 Å². The maximum atomic E-state index is 5.30. The summed E-state index contributed by atoms with van der Waals surface area (Å²) in [5.74, 6) is 4.73. The van der Waals surface area contributed by atoms with E-state index in [9.17, 15) is 0 Å². The van der Waals surface area contributed by atoms with E-state index in [1.54, 1.807) is 0 Å². The van der Waals surface area contributed by atoms with Gasteiger partial charge in [0.2, 0.25) is 5.89 Å². The van der Waals surface area contributed by atoms with E-state index in [0.29, 0.717) is 17.1 Å². The van der Waals surface area contributed by atoms with Crippen molar-refractivity contribution in [2.45, 2.75) is 58.6 Å². The summed E-state index contributed by atoms with van der Waals surface area (Å²) in [4.78, 5) is 11.7. The van der Waals surface area contributed by atoms with Crippen molar-refractivity contribution in [1.82, 2.24) is 20.4 Å². The fraction of sp³-hybridized carbons (Fsp3) is 0.833. The summed E-state index contributed by atoms with van der Waals surface area (Å²) in [7, 11) is 0. The van der Waals surface area contributed by atoms with Gasteiger partial charge < -0.3 is 14.7 Å². The number of guanidine groups is 1. The third kappa shape index (κ3) is 6.20. The summed E-state index contributed by atoms with van der Waals surface area (Å²) < 4.78 is 5.30. The van der Waals surface area contributed by atoms with Gasteiger partial charge in [-0.1, -0.05) is 32.9 Å². The number of rotatable bonds is 7. The van der Waals surface area contributed by atoms with Crippen molar-refractivity contribution in [2.24, 2.45) is 10.9 Å². The van der Waals surface area contributed by atoms with Crippen molar-refractivity contribution in [1.29, 1.82) is 0 Å². The van der Waals surface area contributed by atoms with E-state index in [-0.39, 0.29) is 0 Å². The number of aliphatic imine (C=N–C) groups is 1. The predicted molar refractivity (Wildman–Crippen MR) is 105 cm³/mol. The van der Waals surface area contributed by atoms with Gasteiger partial charge in [0.1, 0.15) is 0 Å². The zero-order valence-corrected chi connectivity index (χ0v) is 17.1. The monoisotopic (exact) mass is 367 g/mol. The van der Waals surface area contributed by atoms with Crippen molar-refractivity contribution in [2.75, 3.05) is 31.9 Å². The molecule has 1 atom stereocenters. The largest absolute Gasteiger partial charge is 0.357 e.